The van der Waals surface area contributed by atoms with Gasteiger partial charge in [0.25, 0.3) is 0 Å². The van der Waals surface area contributed by atoms with E-state index in [-0.39, 0.29) is 12.0 Å². The molecule has 0 aromatic carbocycles. The minimum absolute atomic E-state index is 0.101. The molecule has 0 spiro atoms. The van der Waals surface area contributed by atoms with Gasteiger partial charge in [0.05, 0.1) is 12.2 Å². The molecule has 0 radical (unpaired) electrons. The van der Waals surface area contributed by atoms with Gasteiger partial charge < -0.3 is 5.11 Å². The standard InChI is InChI=1S/C9H15NO/c1-2-7-3-8(6-10)5-9(11)4-7/h7-9,11H,2-5H2,1H3/t7-,8+,9?/m1/s1. The maximum Gasteiger partial charge on any atom is 0.0656 e. The van der Waals surface area contributed by atoms with Crippen LogP contribution < -0.4 is 0 Å². The molecule has 3 atom stereocenters. The van der Waals surface area contributed by atoms with E-state index in [1.165, 1.54) is 0 Å². The summed E-state index contributed by atoms with van der Waals surface area (Å²) in [6.45, 7) is 2.12. The summed E-state index contributed by atoms with van der Waals surface area (Å²) in [6.07, 6.45) is 3.44. The highest BCUT2D eigenvalue weighted by Crippen LogP contribution is 2.30. The zero-order chi connectivity index (χ0) is 8.27. The highest BCUT2D eigenvalue weighted by molar-refractivity contribution is 4.90. The fraction of sp³-hybridized carbons (Fsp3) is 0.889. The number of aliphatic hydroxyl groups is 1. The maximum absolute atomic E-state index is 9.36. The molecule has 1 fully saturated rings. The molecule has 62 valence electrons. The Morgan fingerprint density at radius 2 is 2.18 bits per heavy atom. The van der Waals surface area contributed by atoms with E-state index in [0.717, 1.165) is 19.3 Å². The van der Waals surface area contributed by atoms with Gasteiger partial charge in [0, 0.05) is 5.92 Å². The third-order valence-corrected chi connectivity index (χ3v) is 2.54. The van der Waals surface area contributed by atoms with Gasteiger partial charge in [-0.3, -0.25) is 0 Å². The van der Waals surface area contributed by atoms with Gasteiger partial charge in [0.1, 0.15) is 0 Å². The van der Waals surface area contributed by atoms with Crippen molar-refractivity contribution in [2.24, 2.45) is 11.8 Å². The van der Waals surface area contributed by atoms with Crippen LogP contribution in [0, 0.1) is 23.2 Å². The number of nitriles is 1. The molecule has 0 bridgehead atoms. The number of aliphatic hydroxyl groups excluding tert-OH is 1. The van der Waals surface area contributed by atoms with E-state index in [2.05, 4.69) is 13.0 Å². The molecular weight excluding hydrogens is 138 g/mol. The van der Waals surface area contributed by atoms with Gasteiger partial charge in [0.15, 0.2) is 0 Å². The van der Waals surface area contributed by atoms with Gasteiger partial charge in [-0.2, -0.15) is 5.26 Å². The molecular formula is C9H15NO. The van der Waals surface area contributed by atoms with Crippen LogP contribution in [0.15, 0.2) is 0 Å². The van der Waals surface area contributed by atoms with E-state index in [9.17, 15) is 5.11 Å². The Labute approximate surface area is 67.8 Å². The molecule has 0 saturated heterocycles. The van der Waals surface area contributed by atoms with Crippen LogP contribution in [0.25, 0.3) is 0 Å². The van der Waals surface area contributed by atoms with Crippen molar-refractivity contribution in [2.75, 3.05) is 0 Å². The zero-order valence-corrected chi connectivity index (χ0v) is 6.95. The number of hydrogen-bond acceptors (Lipinski definition) is 2. The summed E-state index contributed by atoms with van der Waals surface area (Å²) in [4.78, 5) is 0. The molecule has 1 aliphatic rings. The molecule has 2 nitrogen and oxygen atoms in total. The molecule has 0 aromatic heterocycles. The highest BCUT2D eigenvalue weighted by atomic mass is 16.3. The summed E-state index contributed by atoms with van der Waals surface area (Å²) in [5.74, 6) is 0.673. The summed E-state index contributed by atoms with van der Waals surface area (Å²) in [7, 11) is 0. The summed E-state index contributed by atoms with van der Waals surface area (Å²) < 4.78 is 0. The minimum atomic E-state index is -0.224. The van der Waals surface area contributed by atoms with E-state index >= 15 is 0 Å². The van der Waals surface area contributed by atoms with Crippen LogP contribution in [0.1, 0.15) is 32.6 Å². The van der Waals surface area contributed by atoms with Crippen molar-refractivity contribution in [3.8, 4) is 6.07 Å². The predicted molar refractivity (Wildman–Crippen MR) is 42.7 cm³/mol. The van der Waals surface area contributed by atoms with Gasteiger partial charge >= 0.3 is 0 Å². The Bertz CT molecular complexity index is 161. The molecule has 0 amide bonds. The monoisotopic (exact) mass is 153 g/mol. The summed E-state index contributed by atoms with van der Waals surface area (Å²) in [6, 6.07) is 2.24. The first kappa shape index (κ1) is 8.55. The lowest BCUT2D eigenvalue weighted by molar-refractivity contribution is 0.0828. The normalized spacial score (nSPS) is 38.1. The Morgan fingerprint density at radius 1 is 1.45 bits per heavy atom. The van der Waals surface area contributed by atoms with E-state index in [1.54, 1.807) is 0 Å². The molecule has 0 aliphatic heterocycles. The third kappa shape index (κ3) is 2.20. The molecule has 1 unspecified atom stereocenters. The number of rotatable bonds is 1. The second-order valence-corrected chi connectivity index (χ2v) is 3.46. The molecule has 1 N–H and O–H groups in total. The van der Waals surface area contributed by atoms with Crippen molar-refractivity contribution in [3.05, 3.63) is 0 Å². The zero-order valence-electron chi connectivity index (χ0n) is 6.95. The molecule has 1 aliphatic carbocycles. The van der Waals surface area contributed by atoms with E-state index in [4.69, 9.17) is 5.26 Å². The summed E-state index contributed by atoms with van der Waals surface area (Å²) in [5, 5.41) is 18.0. The highest BCUT2D eigenvalue weighted by Gasteiger charge is 2.26. The van der Waals surface area contributed by atoms with Crippen LogP contribution >= 0.6 is 0 Å². The quantitative estimate of drug-likeness (QED) is 0.623. The Hall–Kier alpha value is -0.550. The van der Waals surface area contributed by atoms with Crippen LogP contribution in [0.4, 0.5) is 0 Å². The largest absolute Gasteiger partial charge is 0.393 e. The van der Waals surface area contributed by atoms with Crippen LogP contribution in [-0.4, -0.2) is 11.2 Å². The van der Waals surface area contributed by atoms with E-state index in [0.29, 0.717) is 12.3 Å². The van der Waals surface area contributed by atoms with Crippen molar-refractivity contribution in [2.45, 2.75) is 38.7 Å². The number of hydrogen-bond donors (Lipinski definition) is 1. The molecule has 1 saturated carbocycles. The fourth-order valence-corrected chi connectivity index (χ4v) is 1.84. The van der Waals surface area contributed by atoms with Gasteiger partial charge in [-0.1, -0.05) is 13.3 Å². The Kier molecular flexibility index (Phi) is 2.90. The SMILES string of the molecule is CC[C@H]1CC(O)C[C@@H](C#N)C1. The fourth-order valence-electron chi connectivity index (χ4n) is 1.84. The van der Waals surface area contributed by atoms with Crippen LogP contribution in [0.3, 0.4) is 0 Å². The lowest BCUT2D eigenvalue weighted by Gasteiger charge is -2.27. The van der Waals surface area contributed by atoms with Crippen molar-refractivity contribution >= 4 is 0 Å². The van der Waals surface area contributed by atoms with Crippen molar-refractivity contribution in [1.29, 1.82) is 5.26 Å². The maximum atomic E-state index is 9.36. The topological polar surface area (TPSA) is 44.0 Å². The first-order valence-corrected chi connectivity index (χ1v) is 4.34. The van der Waals surface area contributed by atoms with Gasteiger partial charge in [-0.15, -0.1) is 0 Å². The van der Waals surface area contributed by atoms with E-state index < -0.39 is 0 Å². The average Bonchev–Trinajstić information content (AvgIpc) is 2.03. The lowest BCUT2D eigenvalue weighted by atomic mass is 9.79. The smallest absolute Gasteiger partial charge is 0.0656 e. The predicted octanol–water partition coefficient (Wildman–Crippen LogP) is 1.70. The van der Waals surface area contributed by atoms with Gasteiger partial charge in [-0.05, 0) is 25.2 Å². The molecule has 1 rings (SSSR count). The average molecular weight is 153 g/mol. The van der Waals surface area contributed by atoms with Crippen molar-refractivity contribution in [3.63, 3.8) is 0 Å². The van der Waals surface area contributed by atoms with Gasteiger partial charge in [-0.25, -0.2) is 0 Å². The van der Waals surface area contributed by atoms with Crippen LogP contribution in [-0.2, 0) is 0 Å². The molecule has 11 heavy (non-hydrogen) atoms. The molecule has 0 heterocycles. The Morgan fingerprint density at radius 3 is 2.73 bits per heavy atom. The van der Waals surface area contributed by atoms with Crippen molar-refractivity contribution in [1.82, 2.24) is 0 Å². The van der Waals surface area contributed by atoms with Gasteiger partial charge in [0.2, 0.25) is 0 Å². The van der Waals surface area contributed by atoms with Crippen molar-refractivity contribution < 1.29 is 5.11 Å². The lowest BCUT2D eigenvalue weighted by Crippen LogP contribution is -2.25. The third-order valence-electron chi connectivity index (χ3n) is 2.54. The minimum Gasteiger partial charge on any atom is -0.393 e. The molecule has 0 aromatic rings. The van der Waals surface area contributed by atoms with Crippen LogP contribution in [0.2, 0.25) is 0 Å². The second-order valence-electron chi connectivity index (χ2n) is 3.46. The first-order chi connectivity index (χ1) is 5.26. The first-order valence-electron chi connectivity index (χ1n) is 4.34. The van der Waals surface area contributed by atoms with Crippen LogP contribution in [0.5, 0.6) is 0 Å². The summed E-state index contributed by atoms with van der Waals surface area (Å²) >= 11 is 0. The second kappa shape index (κ2) is 3.73. The molecule has 2 heteroatoms. The summed E-state index contributed by atoms with van der Waals surface area (Å²) in [5.41, 5.74) is 0. The van der Waals surface area contributed by atoms with E-state index in [1.807, 2.05) is 0 Å². The number of nitrogens with zero attached hydrogens (tertiary/aromatic N) is 1. The Balaban J connectivity index is 2.45.